The van der Waals surface area contributed by atoms with Crippen LogP contribution in [0, 0.1) is 12.3 Å². The lowest BCUT2D eigenvalue weighted by Gasteiger charge is -2.16. The van der Waals surface area contributed by atoms with Crippen LogP contribution in [0.15, 0.2) is 42.5 Å². The standard InChI is InChI=1S/C21H21N3O3/c1-5-12-24-17-9-7-6-8-16(17)23-20(24)14(2)22-21(25)15-10-11-18(26-3)19(13-15)27-4/h1,6-11,13-14H,12H2,2-4H3,(H,22,25). The van der Waals surface area contributed by atoms with E-state index in [1.807, 2.05) is 35.8 Å². The lowest BCUT2D eigenvalue weighted by Crippen LogP contribution is -2.28. The molecule has 1 heterocycles. The van der Waals surface area contributed by atoms with Crippen LogP contribution < -0.4 is 14.8 Å². The third-order valence-corrected chi connectivity index (χ3v) is 4.31. The first kappa shape index (κ1) is 18.3. The Morgan fingerprint density at radius 1 is 1.22 bits per heavy atom. The molecule has 1 aromatic heterocycles. The van der Waals surface area contributed by atoms with Gasteiger partial charge in [-0.05, 0) is 37.3 Å². The van der Waals surface area contributed by atoms with Gasteiger partial charge in [0, 0.05) is 5.56 Å². The van der Waals surface area contributed by atoms with Gasteiger partial charge < -0.3 is 19.4 Å². The van der Waals surface area contributed by atoms with Crippen LogP contribution >= 0.6 is 0 Å². The number of imidazole rings is 1. The number of benzene rings is 2. The molecule has 1 atom stereocenters. The van der Waals surface area contributed by atoms with Gasteiger partial charge in [-0.1, -0.05) is 18.1 Å². The van der Waals surface area contributed by atoms with Crippen molar-refractivity contribution < 1.29 is 14.3 Å². The van der Waals surface area contributed by atoms with E-state index in [0.29, 0.717) is 29.4 Å². The van der Waals surface area contributed by atoms with Crippen molar-refractivity contribution in [2.24, 2.45) is 0 Å². The van der Waals surface area contributed by atoms with Gasteiger partial charge in [0.25, 0.3) is 5.91 Å². The third-order valence-electron chi connectivity index (χ3n) is 4.31. The van der Waals surface area contributed by atoms with E-state index in [1.165, 1.54) is 7.11 Å². The Hall–Kier alpha value is -3.46. The second-order valence-corrected chi connectivity index (χ2v) is 6.01. The minimum absolute atomic E-state index is 0.234. The largest absolute Gasteiger partial charge is 0.493 e. The van der Waals surface area contributed by atoms with Gasteiger partial charge >= 0.3 is 0 Å². The predicted octanol–water partition coefficient (Wildman–Crippen LogP) is 3.18. The number of hydrogen-bond acceptors (Lipinski definition) is 4. The van der Waals surface area contributed by atoms with Gasteiger partial charge in [0.05, 0.1) is 37.8 Å². The van der Waals surface area contributed by atoms with E-state index >= 15 is 0 Å². The fraction of sp³-hybridized carbons (Fsp3) is 0.238. The smallest absolute Gasteiger partial charge is 0.251 e. The van der Waals surface area contributed by atoms with E-state index in [4.69, 9.17) is 15.9 Å². The SMILES string of the molecule is C#CCn1c(C(C)NC(=O)c2ccc(OC)c(OC)c2)nc2ccccc21. The number of terminal acetylenes is 1. The van der Waals surface area contributed by atoms with E-state index < -0.39 is 0 Å². The Kier molecular flexibility index (Phi) is 5.32. The Morgan fingerprint density at radius 2 is 1.96 bits per heavy atom. The Labute approximate surface area is 158 Å². The van der Waals surface area contributed by atoms with Gasteiger partial charge in [0.1, 0.15) is 5.82 Å². The highest BCUT2D eigenvalue weighted by molar-refractivity contribution is 5.95. The predicted molar refractivity (Wildman–Crippen MR) is 104 cm³/mol. The lowest BCUT2D eigenvalue weighted by atomic mass is 10.1. The molecule has 6 heteroatoms. The van der Waals surface area contributed by atoms with Gasteiger partial charge in [-0.2, -0.15) is 0 Å². The summed E-state index contributed by atoms with van der Waals surface area (Å²) in [5.41, 5.74) is 2.26. The molecule has 1 N–H and O–H groups in total. The quantitative estimate of drug-likeness (QED) is 0.683. The van der Waals surface area contributed by atoms with Crippen LogP contribution in [0.4, 0.5) is 0 Å². The zero-order valence-electron chi connectivity index (χ0n) is 15.5. The van der Waals surface area contributed by atoms with E-state index in [-0.39, 0.29) is 11.9 Å². The molecule has 27 heavy (non-hydrogen) atoms. The Balaban J connectivity index is 1.88. The highest BCUT2D eigenvalue weighted by atomic mass is 16.5. The second-order valence-electron chi connectivity index (χ2n) is 6.01. The van der Waals surface area contributed by atoms with Crippen molar-refractivity contribution >= 4 is 16.9 Å². The van der Waals surface area contributed by atoms with Crippen LogP contribution in [-0.4, -0.2) is 29.7 Å². The molecule has 0 radical (unpaired) electrons. The summed E-state index contributed by atoms with van der Waals surface area (Å²) in [4.78, 5) is 17.3. The first-order valence-electron chi connectivity index (χ1n) is 8.50. The summed E-state index contributed by atoms with van der Waals surface area (Å²) in [6.07, 6.45) is 5.52. The highest BCUT2D eigenvalue weighted by Crippen LogP contribution is 2.28. The monoisotopic (exact) mass is 363 g/mol. The molecule has 3 aromatic rings. The van der Waals surface area contributed by atoms with Crippen molar-refractivity contribution in [1.29, 1.82) is 0 Å². The summed E-state index contributed by atoms with van der Waals surface area (Å²) >= 11 is 0. The summed E-state index contributed by atoms with van der Waals surface area (Å²) in [5.74, 6) is 4.19. The summed E-state index contributed by atoms with van der Waals surface area (Å²) in [7, 11) is 3.08. The van der Waals surface area contributed by atoms with Gasteiger partial charge in [-0.3, -0.25) is 4.79 Å². The van der Waals surface area contributed by atoms with Gasteiger partial charge in [-0.25, -0.2) is 4.98 Å². The summed E-state index contributed by atoms with van der Waals surface area (Å²) in [6.45, 7) is 2.26. The molecule has 6 nitrogen and oxygen atoms in total. The van der Waals surface area contributed by atoms with Crippen molar-refractivity contribution in [2.75, 3.05) is 14.2 Å². The molecule has 1 unspecified atom stereocenters. The fourth-order valence-corrected chi connectivity index (χ4v) is 3.00. The number of hydrogen-bond donors (Lipinski definition) is 1. The first-order valence-corrected chi connectivity index (χ1v) is 8.50. The normalized spacial score (nSPS) is 11.6. The fourth-order valence-electron chi connectivity index (χ4n) is 3.00. The number of methoxy groups -OCH3 is 2. The van der Waals surface area contributed by atoms with E-state index in [2.05, 4.69) is 16.2 Å². The van der Waals surface area contributed by atoms with Crippen LogP contribution in [0.2, 0.25) is 0 Å². The molecule has 0 saturated carbocycles. The number of carbonyl (C=O) groups excluding carboxylic acids is 1. The molecule has 0 spiro atoms. The van der Waals surface area contributed by atoms with Crippen LogP contribution in [0.5, 0.6) is 11.5 Å². The molecular weight excluding hydrogens is 342 g/mol. The lowest BCUT2D eigenvalue weighted by molar-refractivity contribution is 0.0937. The van der Waals surface area contributed by atoms with Crippen LogP contribution in [0.1, 0.15) is 29.1 Å². The van der Waals surface area contributed by atoms with Crippen molar-refractivity contribution in [1.82, 2.24) is 14.9 Å². The van der Waals surface area contributed by atoms with Crippen LogP contribution in [0.3, 0.4) is 0 Å². The summed E-state index contributed by atoms with van der Waals surface area (Å²) in [6, 6.07) is 12.5. The van der Waals surface area contributed by atoms with Crippen molar-refractivity contribution in [3.63, 3.8) is 0 Å². The minimum Gasteiger partial charge on any atom is -0.493 e. The van der Waals surface area contributed by atoms with E-state index in [1.54, 1.807) is 25.3 Å². The molecule has 0 aliphatic rings. The number of aromatic nitrogens is 2. The maximum Gasteiger partial charge on any atom is 0.251 e. The summed E-state index contributed by atoms with van der Waals surface area (Å²) < 4.78 is 12.4. The third kappa shape index (κ3) is 3.58. The van der Waals surface area contributed by atoms with E-state index in [0.717, 1.165) is 11.0 Å². The number of carbonyl (C=O) groups is 1. The average Bonchev–Trinajstić information content (AvgIpc) is 3.06. The number of fused-ring (bicyclic) bond motifs is 1. The minimum atomic E-state index is -0.327. The van der Waals surface area contributed by atoms with Gasteiger partial charge in [-0.15, -0.1) is 6.42 Å². The maximum absolute atomic E-state index is 12.7. The van der Waals surface area contributed by atoms with E-state index in [9.17, 15) is 4.79 Å². The molecule has 3 rings (SSSR count). The number of nitrogens with one attached hydrogen (secondary N) is 1. The van der Waals surface area contributed by atoms with Gasteiger partial charge in [0.2, 0.25) is 0 Å². The molecule has 2 aromatic carbocycles. The summed E-state index contributed by atoms with van der Waals surface area (Å²) in [5, 5.41) is 2.97. The molecule has 0 bridgehead atoms. The van der Waals surface area contributed by atoms with Crippen LogP contribution in [-0.2, 0) is 6.54 Å². The molecular formula is C21H21N3O3. The Morgan fingerprint density at radius 3 is 2.67 bits per heavy atom. The number of nitrogens with zero attached hydrogens (tertiary/aromatic N) is 2. The number of amides is 1. The number of ether oxygens (including phenoxy) is 2. The molecule has 0 aliphatic carbocycles. The first-order chi connectivity index (χ1) is 13.1. The second kappa shape index (κ2) is 7.83. The van der Waals surface area contributed by atoms with Gasteiger partial charge in [0.15, 0.2) is 11.5 Å². The number of rotatable bonds is 6. The molecule has 0 fully saturated rings. The zero-order valence-corrected chi connectivity index (χ0v) is 15.5. The van der Waals surface area contributed by atoms with Crippen LogP contribution in [0.25, 0.3) is 11.0 Å². The maximum atomic E-state index is 12.7. The average molecular weight is 363 g/mol. The highest BCUT2D eigenvalue weighted by Gasteiger charge is 2.19. The molecule has 0 saturated heterocycles. The molecule has 138 valence electrons. The Bertz CT molecular complexity index is 1020. The van der Waals surface area contributed by atoms with Crippen molar-refractivity contribution in [3.8, 4) is 23.8 Å². The molecule has 1 amide bonds. The van der Waals surface area contributed by atoms with Crippen molar-refractivity contribution in [2.45, 2.75) is 19.5 Å². The van der Waals surface area contributed by atoms with Crippen molar-refractivity contribution in [3.05, 3.63) is 53.9 Å². The zero-order chi connectivity index (χ0) is 19.4. The molecule has 0 aliphatic heterocycles. The number of para-hydroxylation sites is 2. The topological polar surface area (TPSA) is 65.4 Å².